The van der Waals surface area contributed by atoms with E-state index in [1.807, 2.05) is 24.3 Å². The van der Waals surface area contributed by atoms with E-state index in [1.54, 1.807) is 12.1 Å². The molecule has 0 bridgehead atoms. The molecule has 268 valence electrons. The third-order valence-corrected chi connectivity index (χ3v) is 13.5. The standard InChI is InChI=1S/C40H56N6O4/c47-37-31-11-9-13-33(49-29-7-3-1-5-23-45-25-19-41-15-16-42(20-26-45)39(41)45)35(31)38(48)36-32(37)12-10-14-34(36)50-30-8-4-2-6-24-46-27-21-43-17-18-44(22-28-46)40(43)46/h9-14,39-40H,1-8,15-30H2/q+2. The Morgan fingerprint density at radius 3 is 1.32 bits per heavy atom. The number of carbonyl (C=O) groups is 2. The fourth-order valence-corrected chi connectivity index (χ4v) is 11.0. The number of unbranched alkanes of at least 4 members (excludes halogenated alkanes) is 6. The van der Waals surface area contributed by atoms with Crippen molar-refractivity contribution in [2.45, 2.75) is 63.9 Å². The highest BCUT2D eigenvalue weighted by molar-refractivity contribution is 6.30. The van der Waals surface area contributed by atoms with Gasteiger partial charge in [0, 0.05) is 37.3 Å². The highest BCUT2D eigenvalue weighted by Gasteiger charge is 2.58. The zero-order valence-electron chi connectivity index (χ0n) is 29.9. The van der Waals surface area contributed by atoms with Gasteiger partial charge in [0.15, 0.2) is 5.78 Å². The lowest BCUT2D eigenvalue weighted by atomic mass is 9.83. The highest BCUT2D eigenvalue weighted by Crippen LogP contribution is 2.39. The van der Waals surface area contributed by atoms with Crippen molar-refractivity contribution in [3.63, 3.8) is 0 Å². The number of ether oxygens (including phenoxy) is 2. The smallest absolute Gasteiger partial charge is 0.205 e. The van der Waals surface area contributed by atoms with E-state index in [0.29, 0.717) is 59.5 Å². The van der Waals surface area contributed by atoms with Crippen molar-refractivity contribution in [1.29, 1.82) is 0 Å². The molecule has 0 spiro atoms. The lowest BCUT2D eigenvalue weighted by Gasteiger charge is -2.34. The summed E-state index contributed by atoms with van der Waals surface area (Å²) in [5.74, 6) is 0.737. The summed E-state index contributed by atoms with van der Waals surface area (Å²) in [5.41, 5.74) is 1.65. The maximum atomic E-state index is 14.0. The largest absolute Gasteiger partial charge is 0.493 e. The molecule has 0 amide bonds. The lowest BCUT2D eigenvalue weighted by Crippen LogP contribution is -2.52. The molecule has 6 saturated heterocycles. The van der Waals surface area contributed by atoms with Gasteiger partial charge in [-0.05, 0) is 63.5 Å². The summed E-state index contributed by atoms with van der Waals surface area (Å²) >= 11 is 0. The Balaban J connectivity index is 0.746. The Morgan fingerprint density at radius 1 is 0.500 bits per heavy atom. The van der Waals surface area contributed by atoms with Gasteiger partial charge in [-0.2, -0.15) is 0 Å². The Kier molecular flexibility index (Phi) is 8.98. The third-order valence-electron chi connectivity index (χ3n) is 13.5. The summed E-state index contributed by atoms with van der Waals surface area (Å²) in [4.78, 5) is 38.5. The number of ketones is 2. The summed E-state index contributed by atoms with van der Waals surface area (Å²) in [6.45, 7) is 18.9. The molecule has 2 aromatic carbocycles. The minimum absolute atomic E-state index is 0.128. The van der Waals surface area contributed by atoms with Crippen molar-refractivity contribution >= 4 is 11.6 Å². The SMILES string of the molecule is O=C1c2cccc(OCCCCCC[N+]34CCN5CCN(CC3)C54)c2C(=O)c2c(OCCCCCC[N+]34CCN5CCN(CC3)C54)cccc21. The first-order valence-corrected chi connectivity index (χ1v) is 19.9. The summed E-state index contributed by atoms with van der Waals surface area (Å²) in [6.07, 6.45) is 10.3. The summed E-state index contributed by atoms with van der Waals surface area (Å²) in [5, 5.41) is 0. The van der Waals surface area contributed by atoms with Crippen molar-refractivity contribution in [1.82, 2.24) is 19.6 Å². The Hall–Kier alpha value is -2.86. The summed E-state index contributed by atoms with van der Waals surface area (Å²) in [6, 6.07) is 10.9. The Morgan fingerprint density at radius 2 is 0.900 bits per heavy atom. The number of rotatable bonds is 16. The van der Waals surface area contributed by atoms with Gasteiger partial charge in [-0.25, -0.2) is 19.6 Å². The van der Waals surface area contributed by atoms with Gasteiger partial charge in [-0.1, -0.05) is 24.3 Å². The van der Waals surface area contributed by atoms with Crippen LogP contribution in [-0.2, 0) is 0 Å². The second kappa shape index (κ2) is 13.6. The Bertz CT molecular complexity index is 1470. The van der Waals surface area contributed by atoms with Crippen LogP contribution in [0.4, 0.5) is 0 Å². The van der Waals surface area contributed by atoms with Gasteiger partial charge in [0.2, 0.25) is 18.4 Å². The lowest BCUT2D eigenvalue weighted by molar-refractivity contribution is -0.936. The minimum atomic E-state index is -0.166. The number of benzene rings is 2. The van der Waals surface area contributed by atoms with Gasteiger partial charge in [0.05, 0.1) is 89.8 Å². The van der Waals surface area contributed by atoms with E-state index in [9.17, 15) is 9.59 Å². The number of quaternary nitrogens is 2. The Labute approximate surface area is 297 Å². The van der Waals surface area contributed by atoms with Gasteiger partial charge in [-0.3, -0.25) is 18.6 Å². The van der Waals surface area contributed by atoms with E-state index in [1.165, 1.54) is 126 Å². The topological polar surface area (TPSA) is 65.6 Å². The zero-order chi connectivity index (χ0) is 33.7. The maximum absolute atomic E-state index is 14.0. The van der Waals surface area contributed by atoms with E-state index in [2.05, 4.69) is 19.6 Å². The van der Waals surface area contributed by atoms with Crippen LogP contribution in [0.1, 0.15) is 83.2 Å². The number of hydrogen-bond acceptors (Lipinski definition) is 8. The first-order chi connectivity index (χ1) is 24.6. The minimum Gasteiger partial charge on any atom is -0.493 e. The van der Waals surface area contributed by atoms with Crippen LogP contribution in [0.25, 0.3) is 0 Å². The fraction of sp³-hybridized carbons (Fsp3) is 0.650. The van der Waals surface area contributed by atoms with Gasteiger partial charge >= 0.3 is 0 Å². The van der Waals surface area contributed by atoms with E-state index in [4.69, 9.17) is 9.47 Å². The first kappa shape index (κ1) is 33.0. The third kappa shape index (κ3) is 5.62. The molecule has 6 aliphatic heterocycles. The predicted molar refractivity (Wildman–Crippen MR) is 191 cm³/mol. The molecule has 1 aliphatic carbocycles. The molecular formula is C40H56N6O4+2. The van der Waals surface area contributed by atoms with Gasteiger partial charge in [-0.15, -0.1) is 0 Å². The van der Waals surface area contributed by atoms with Crippen molar-refractivity contribution in [2.75, 3.05) is 105 Å². The molecular weight excluding hydrogens is 628 g/mol. The number of carbonyl (C=O) groups excluding carboxylic acids is 2. The van der Waals surface area contributed by atoms with Gasteiger partial charge < -0.3 is 9.47 Å². The maximum Gasteiger partial charge on any atom is 0.205 e. The first-order valence-electron chi connectivity index (χ1n) is 19.9. The molecule has 10 nitrogen and oxygen atoms in total. The predicted octanol–water partition coefficient (Wildman–Crippen LogP) is 3.83. The average molecular weight is 685 g/mol. The zero-order valence-corrected chi connectivity index (χ0v) is 29.9. The molecule has 0 radical (unpaired) electrons. The monoisotopic (exact) mass is 684 g/mol. The second-order valence-corrected chi connectivity index (χ2v) is 16.2. The molecule has 50 heavy (non-hydrogen) atoms. The number of nitrogens with zero attached hydrogens (tertiary/aromatic N) is 6. The molecule has 9 rings (SSSR count). The van der Waals surface area contributed by atoms with Crippen LogP contribution < -0.4 is 9.47 Å². The second-order valence-electron chi connectivity index (χ2n) is 16.2. The van der Waals surface area contributed by atoms with Crippen LogP contribution in [-0.4, -0.2) is 158 Å². The van der Waals surface area contributed by atoms with Crippen molar-refractivity contribution in [3.05, 3.63) is 58.7 Å². The van der Waals surface area contributed by atoms with E-state index in [-0.39, 0.29) is 11.6 Å². The quantitative estimate of drug-likeness (QED) is 0.167. The number of fused-ring (bicyclic) bond motifs is 2. The fourth-order valence-electron chi connectivity index (χ4n) is 11.0. The van der Waals surface area contributed by atoms with Crippen molar-refractivity contribution in [3.8, 4) is 11.5 Å². The normalized spacial score (nSPS) is 29.9. The molecule has 7 aliphatic rings. The van der Waals surface area contributed by atoms with E-state index < -0.39 is 0 Å². The molecule has 0 aromatic heterocycles. The summed E-state index contributed by atoms with van der Waals surface area (Å²) < 4.78 is 15.0. The van der Waals surface area contributed by atoms with Gasteiger partial charge in [0.1, 0.15) is 11.5 Å². The van der Waals surface area contributed by atoms with Crippen molar-refractivity contribution < 1.29 is 28.0 Å². The van der Waals surface area contributed by atoms with Crippen LogP contribution in [0.5, 0.6) is 11.5 Å². The van der Waals surface area contributed by atoms with E-state index in [0.717, 1.165) is 25.7 Å². The van der Waals surface area contributed by atoms with Gasteiger partial charge in [0.25, 0.3) is 0 Å². The van der Waals surface area contributed by atoms with Crippen molar-refractivity contribution in [2.24, 2.45) is 0 Å². The molecule has 10 heteroatoms. The number of hydrogen-bond donors (Lipinski definition) is 0. The molecule has 2 aromatic rings. The molecule has 6 fully saturated rings. The van der Waals surface area contributed by atoms with Crippen LogP contribution in [0.2, 0.25) is 0 Å². The van der Waals surface area contributed by atoms with Crippen LogP contribution in [0, 0.1) is 0 Å². The summed E-state index contributed by atoms with van der Waals surface area (Å²) in [7, 11) is 0. The molecule has 0 N–H and O–H groups in total. The van der Waals surface area contributed by atoms with Crippen LogP contribution in [0.3, 0.4) is 0 Å². The molecule has 0 saturated carbocycles. The molecule has 6 heterocycles. The van der Waals surface area contributed by atoms with E-state index >= 15 is 0 Å². The van der Waals surface area contributed by atoms with Crippen LogP contribution >= 0.6 is 0 Å². The molecule has 0 atom stereocenters. The highest BCUT2D eigenvalue weighted by atomic mass is 16.5. The average Bonchev–Trinajstić information content (AvgIpc) is 3.97. The molecule has 0 unspecified atom stereocenters. The van der Waals surface area contributed by atoms with Crippen LogP contribution in [0.15, 0.2) is 36.4 Å².